The number of nitrogens with one attached hydrogen (secondary N) is 1. The van der Waals surface area contributed by atoms with E-state index in [2.05, 4.69) is 25.2 Å². The van der Waals surface area contributed by atoms with Crippen LogP contribution in [-0.4, -0.2) is 34.1 Å². The van der Waals surface area contributed by atoms with Crippen LogP contribution in [0, 0.1) is 0 Å². The lowest BCUT2D eigenvalue weighted by molar-refractivity contribution is -0.137. The molecule has 0 spiro atoms. The fourth-order valence-corrected chi connectivity index (χ4v) is 4.10. The summed E-state index contributed by atoms with van der Waals surface area (Å²) in [6.45, 7) is 1.64. The van der Waals surface area contributed by atoms with Crippen molar-refractivity contribution in [2.75, 3.05) is 18.0 Å². The second-order valence-corrected chi connectivity index (χ2v) is 7.66. The van der Waals surface area contributed by atoms with Gasteiger partial charge < -0.3 is 10.2 Å². The lowest BCUT2D eigenvalue weighted by atomic mass is 9.98. The number of aromatic nitrogens is 3. The first-order chi connectivity index (χ1) is 14.0. The summed E-state index contributed by atoms with van der Waals surface area (Å²) in [4.78, 5) is 15.1. The molecule has 29 heavy (non-hydrogen) atoms. The van der Waals surface area contributed by atoms with E-state index in [1.807, 2.05) is 5.38 Å². The van der Waals surface area contributed by atoms with E-state index in [4.69, 9.17) is 0 Å². The minimum absolute atomic E-state index is 0.226. The van der Waals surface area contributed by atoms with Gasteiger partial charge in [-0.25, -0.2) is 15.0 Å². The maximum Gasteiger partial charge on any atom is 0.416 e. The Morgan fingerprint density at radius 2 is 1.72 bits per heavy atom. The number of rotatable bonds is 5. The average Bonchev–Trinajstić information content (AvgIpc) is 3.27. The van der Waals surface area contributed by atoms with E-state index >= 15 is 0 Å². The van der Waals surface area contributed by atoms with Gasteiger partial charge in [-0.15, -0.1) is 11.3 Å². The van der Waals surface area contributed by atoms with Crippen LogP contribution in [0.3, 0.4) is 0 Å². The largest absolute Gasteiger partial charge is 0.416 e. The summed E-state index contributed by atoms with van der Waals surface area (Å²) in [6.07, 6.45) is 0.901. The highest BCUT2D eigenvalue weighted by molar-refractivity contribution is 7.07. The van der Waals surface area contributed by atoms with E-state index in [-0.39, 0.29) is 12.1 Å². The predicted molar refractivity (Wildman–Crippen MR) is 106 cm³/mol. The third-order valence-corrected chi connectivity index (χ3v) is 5.66. The van der Waals surface area contributed by atoms with E-state index in [0.717, 1.165) is 55.3 Å². The molecule has 4 rings (SSSR count). The third-order valence-electron chi connectivity index (χ3n) is 5.05. The number of halogens is 3. The molecule has 1 N–H and O–H groups in total. The van der Waals surface area contributed by atoms with E-state index in [9.17, 15) is 13.2 Å². The SMILES string of the molecule is FC(F)(F)c1ccc(C(NC2CCN(c3ncccn3)CC2)c2cscn2)cc1. The van der Waals surface area contributed by atoms with Crippen LogP contribution in [0.1, 0.15) is 35.7 Å². The van der Waals surface area contributed by atoms with Crippen LogP contribution in [0.4, 0.5) is 19.1 Å². The molecular weight excluding hydrogens is 399 g/mol. The van der Waals surface area contributed by atoms with Gasteiger partial charge in [-0.2, -0.15) is 13.2 Å². The van der Waals surface area contributed by atoms with Crippen molar-refractivity contribution in [3.63, 3.8) is 0 Å². The van der Waals surface area contributed by atoms with Crippen molar-refractivity contribution in [1.29, 1.82) is 0 Å². The molecule has 9 heteroatoms. The summed E-state index contributed by atoms with van der Waals surface area (Å²) >= 11 is 1.47. The third kappa shape index (κ3) is 4.73. The minimum Gasteiger partial charge on any atom is -0.341 e. The number of nitrogens with zero attached hydrogens (tertiary/aromatic N) is 4. The van der Waals surface area contributed by atoms with Gasteiger partial charge in [0.25, 0.3) is 0 Å². The standard InChI is InChI=1S/C20H20F3N5S/c21-20(22,23)15-4-2-14(3-5-15)18(17-12-29-13-26-17)27-16-6-10-28(11-7-16)19-24-8-1-9-25-19/h1-5,8-9,12-13,16,18,27H,6-7,10-11H2. The van der Waals surface area contributed by atoms with Gasteiger partial charge in [0.05, 0.1) is 22.8 Å². The molecule has 0 saturated carbocycles. The van der Waals surface area contributed by atoms with Crippen LogP contribution >= 0.6 is 11.3 Å². The topological polar surface area (TPSA) is 53.9 Å². The molecule has 5 nitrogen and oxygen atoms in total. The van der Waals surface area contributed by atoms with Gasteiger partial charge in [0.2, 0.25) is 5.95 Å². The van der Waals surface area contributed by atoms with E-state index < -0.39 is 11.7 Å². The smallest absolute Gasteiger partial charge is 0.341 e. The highest BCUT2D eigenvalue weighted by atomic mass is 32.1. The minimum atomic E-state index is -4.34. The van der Waals surface area contributed by atoms with Crippen molar-refractivity contribution >= 4 is 17.3 Å². The Hall–Kier alpha value is -2.52. The summed E-state index contributed by atoms with van der Waals surface area (Å²) in [5, 5.41) is 5.53. The van der Waals surface area contributed by atoms with Gasteiger partial charge in [0.1, 0.15) is 0 Å². The molecule has 1 aliphatic heterocycles. The quantitative estimate of drug-likeness (QED) is 0.668. The summed E-state index contributed by atoms with van der Waals surface area (Å²) in [6, 6.07) is 7.11. The number of anilines is 1. The number of piperidine rings is 1. The van der Waals surface area contributed by atoms with Crippen molar-refractivity contribution in [1.82, 2.24) is 20.3 Å². The molecule has 0 aliphatic carbocycles. The molecule has 3 heterocycles. The lowest BCUT2D eigenvalue weighted by Gasteiger charge is -2.34. The summed E-state index contributed by atoms with van der Waals surface area (Å²) in [5.41, 5.74) is 2.69. The Morgan fingerprint density at radius 3 is 2.31 bits per heavy atom. The van der Waals surface area contributed by atoms with Gasteiger partial charge in [-0.3, -0.25) is 0 Å². The predicted octanol–water partition coefficient (Wildman–Crippen LogP) is 4.30. The second kappa shape index (κ2) is 8.46. The van der Waals surface area contributed by atoms with Crippen molar-refractivity contribution in [2.45, 2.75) is 31.1 Å². The Labute approximate surface area is 170 Å². The second-order valence-electron chi connectivity index (χ2n) is 6.94. The molecule has 1 fully saturated rings. The fraction of sp³-hybridized carbons (Fsp3) is 0.350. The maximum atomic E-state index is 12.9. The molecule has 1 saturated heterocycles. The summed E-state index contributed by atoms with van der Waals surface area (Å²) in [5.74, 6) is 0.727. The molecule has 1 aliphatic rings. The van der Waals surface area contributed by atoms with E-state index in [1.165, 1.54) is 23.5 Å². The number of alkyl halides is 3. The molecular formula is C20H20F3N5S. The molecule has 3 aromatic rings. The highest BCUT2D eigenvalue weighted by Crippen LogP contribution is 2.31. The van der Waals surface area contributed by atoms with Crippen LogP contribution < -0.4 is 10.2 Å². The molecule has 0 bridgehead atoms. The Balaban J connectivity index is 1.46. The van der Waals surface area contributed by atoms with Crippen molar-refractivity contribution < 1.29 is 13.2 Å². The van der Waals surface area contributed by atoms with Crippen LogP contribution in [0.25, 0.3) is 0 Å². The van der Waals surface area contributed by atoms with Crippen molar-refractivity contribution in [3.8, 4) is 0 Å². The molecule has 1 unspecified atom stereocenters. The monoisotopic (exact) mass is 419 g/mol. The van der Waals surface area contributed by atoms with Gasteiger partial charge >= 0.3 is 6.18 Å². The van der Waals surface area contributed by atoms with Gasteiger partial charge in [-0.05, 0) is 36.6 Å². The van der Waals surface area contributed by atoms with Crippen LogP contribution in [0.2, 0.25) is 0 Å². The van der Waals surface area contributed by atoms with Crippen LogP contribution in [0.5, 0.6) is 0 Å². The first kappa shape index (κ1) is 19.8. The van der Waals surface area contributed by atoms with Crippen molar-refractivity contribution in [2.24, 2.45) is 0 Å². The van der Waals surface area contributed by atoms with Gasteiger partial charge in [0, 0.05) is 36.9 Å². The normalized spacial score (nSPS) is 16.7. The fourth-order valence-electron chi connectivity index (χ4n) is 3.52. The zero-order valence-electron chi connectivity index (χ0n) is 15.5. The van der Waals surface area contributed by atoms with E-state index in [0.29, 0.717) is 0 Å². The number of hydrogen-bond donors (Lipinski definition) is 1. The molecule has 152 valence electrons. The van der Waals surface area contributed by atoms with Gasteiger partial charge in [-0.1, -0.05) is 12.1 Å². The first-order valence-corrected chi connectivity index (χ1v) is 10.3. The van der Waals surface area contributed by atoms with E-state index in [1.54, 1.807) is 24.0 Å². The van der Waals surface area contributed by atoms with Crippen LogP contribution in [0.15, 0.2) is 53.6 Å². The summed E-state index contributed by atoms with van der Waals surface area (Å²) in [7, 11) is 0. The Bertz CT molecular complexity index is 892. The Morgan fingerprint density at radius 1 is 1.03 bits per heavy atom. The number of hydrogen-bond acceptors (Lipinski definition) is 6. The Kier molecular flexibility index (Phi) is 5.77. The molecule has 1 aromatic carbocycles. The average molecular weight is 419 g/mol. The lowest BCUT2D eigenvalue weighted by Crippen LogP contribution is -2.44. The molecule has 2 aromatic heterocycles. The highest BCUT2D eigenvalue weighted by Gasteiger charge is 2.31. The number of benzene rings is 1. The molecule has 1 atom stereocenters. The van der Waals surface area contributed by atoms with Crippen LogP contribution in [-0.2, 0) is 6.18 Å². The summed E-state index contributed by atoms with van der Waals surface area (Å²) < 4.78 is 38.7. The molecule has 0 radical (unpaired) electrons. The van der Waals surface area contributed by atoms with Crippen molar-refractivity contribution in [3.05, 3.63) is 70.4 Å². The molecule has 0 amide bonds. The zero-order valence-corrected chi connectivity index (χ0v) is 16.3. The van der Waals surface area contributed by atoms with Gasteiger partial charge in [0.15, 0.2) is 0 Å². The maximum absolute atomic E-state index is 12.9. The first-order valence-electron chi connectivity index (χ1n) is 9.34. The number of thiazole rings is 1. The zero-order chi connectivity index (χ0) is 20.3.